The van der Waals surface area contributed by atoms with E-state index in [1.54, 1.807) is 13.2 Å². The molecule has 0 aliphatic carbocycles. The van der Waals surface area contributed by atoms with Crippen molar-refractivity contribution >= 4 is 11.7 Å². The SMILES string of the molecule is COc1cccc([C@@H]2CCCCN2C(=O)c2cc(N)n[nH]2)c1. The number of piperidine rings is 1. The number of nitrogens with one attached hydrogen (secondary N) is 1. The number of methoxy groups -OCH3 is 1. The van der Waals surface area contributed by atoms with Gasteiger partial charge in [0.15, 0.2) is 0 Å². The second kappa shape index (κ2) is 6.09. The number of carbonyl (C=O) groups excluding carboxylic acids is 1. The molecule has 0 saturated carbocycles. The van der Waals surface area contributed by atoms with Crippen LogP contribution in [-0.4, -0.2) is 34.7 Å². The minimum Gasteiger partial charge on any atom is -0.497 e. The van der Waals surface area contributed by atoms with Crippen LogP contribution in [0.5, 0.6) is 5.75 Å². The average Bonchev–Trinajstić information content (AvgIpc) is 3.00. The van der Waals surface area contributed by atoms with Crippen LogP contribution in [0.4, 0.5) is 5.82 Å². The molecule has 0 bridgehead atoms. The number of nitrogens with two attached hydrogens (primary N) is 1. The van der Waals surface area contributed by atoms with E-state index in [9.17, 15) is 4.79 Å². The molecule has 1 aliphatic heterocycles. The summed E-state index contributed by atoms with van der Waals surface area (Å²) in [5.41, 5.74) is 7.13. The van der Waals surface area contributed by atoms with Gasteiger partial charge in [0, 0.05) is 12.6 Å². The van der Waals surface area contributed by atoms with Crippen LogP contribution in [0.3, 0.4) is 0 Å². The number of carbonyl (C=O) groups is 1. The molecule has 22 heavy (non-hydrogen) atoms. The van der Waals surface area contributed by atoms with E-state index in [2.05, 4.69) is 10.2 Å². The minimum absolute atomic E-state index is 0.0564. The molecule has 6 heteroatoms. The summed E-state index contributed by atoms with van der Waals surface area (Å²) in [6.45, 7) is 0.736. The Balaban J connectivity index is 1.89. The van der Waals surface area contributed by atoms with Crippen molar-refractivity contribution in [2.75, 3.05) is 19.4 Å². The normalized spacial score (nSPS) is 18.2. The summed E-state index contributed by atoms with van der Waals surface area (Å²) in [5.74, 6) is 1.08. The monoisotopic (exact) mass is 300 g/mol. The first-order chi connectivity index (χ1) is 10.7. The molecule has 3 rings (SSSR count). The Bertz CT molecular complexity index is 668. The molecule has 3 N–H and O–H groups in total. The summed E-state index contributed by atoms with van der Waals surface area (Å²) in [7, 11) is 1.65. The molecule has 0 unspecified atom stereocenters. The zero-order chi connectivity index (χ0) is 15.5. The lowest BCUT2D eigenvalue weighted by Crippen LogP contribution is -2.38. The lowest BCUT2D eigenvalue weighted by Gasteiger charge is -2.36. The van der Waals surface area contributed by atoms with Gasteiger partial charge in [0.05, 0.1) is 13.2 Å². The fourth-order valence-electron chi connectivity index (χ4n) is 2.97. The lowest BCUT2D eigenvalue weighted by molar-refractivity contribution is 0.0605. The highest BCUT2D eigenvalue weighted by molar-refractivity contribution is 5.93. The van der Waals surface area contributed by atoms with E-state index in [1.165, 1.54) is 0 Å². The highest BCUT2D eigenvalue weighted by Crippen LogP contribution is 2.33. The molecule has 116 valence electrons. The summed E-state index contributed by atoms with van der Waals surface area (Å²) in [6, 6.07) is 9.55. The molecule has 1 amide bonds. The number of likely N-dealkylation sites (tertiary alicyclic amines) is 1. The van der Waals surface area contributed by atoms with Crippen molar-refractivity contribution in [1.82, 2.24) is 15.1 Å². The number of aromatic nitrogens is 2. The average molecular weight is 300 g/mol. The standard InChI is InChI=1S/C16H20N4O2/c1-22-12-6-4-5-11(9-12)14-7-2-3-8-20(14)16(21)13-10-15(17)19-18-13/h4-6,9-10,14H,2-3,7-8H2,1H3,(H3,17,18,19)/t14-/m0/s1. The molecule has 0 radical (unpaired) electrons. The predicted molar refractivity (Wildman–Crippen MR) is 83.6 cm³/mol. The van der Waals surface area contributed by atoms with Gasteiger partial charge in [0.25, 0.3) is 5.91 Å². The van der Waals surface area contributed by atoms with Crippen LogP contribution < -0.4 is 10.5 Å². The molecular weight excluding hydrogens is 280 g/mol. The van der Waals surface area contributed by atoms with E-state index in [0.29, 0.717) is 11.5 Å². The van der Waals surface area contributed by atoms with Gasteiger partial charge in [-0.05, 0) is 37.0 Å². The number of nitrogen functional groups attached to an aromatic ring is 1. The molecule has 2 heterocycles. The number of rotatable bonds is 3. The van der Waals surface area contributed by atoms with E-state index < -0.39 is 0 Å². The van der Waals surface area contributed by atoms with Crippen molar-refractivity contribution in [1.29, 1.82) is 0 Å². The topological polar surface area (TPSA) is 84.2 Å². The van der Waals surface area contributed by atoms with E-state index in [-0.39, 0.29) is 11.9 Å². The second-order valence-electron chi connectivity index (χ2n) is 5.49. The van der Waals surface area contributed by atoms with Gasteiger partial charge < -0.3 is 15.4 Å². The van der Waals surface area contributed by atoms with Gasteiger partial charge in [-0.1, -0.05) is 12.1 Å². The largest absolute Gasteiger partial charge is 0.497 e. The number of anilines is 1. The molecule has 1 fully saturated rings. The maximum absolute atomic E-state index is 12.7. The van der Waals surface area contributed by atoms with E-state index >= 15 is 0 Å². The summed E-state index contributed by atoms with van der Waals surface area (Å²) < 4.78 is 5.29. The van der Waals surface area contributed by atoms with Crippen LogP contribution in [0, 0.1) is 0 Å². The van der Waals surface area contributed by atoms with Crippen LogP contribution in [0.25, 0.3) is 0 Å². The molecule has 0 spiro atoms. The number of aromatic amines is 1. The molecule has 1 aromatic carbocycles. The third kappa shape index (κ3) is 2.77. The number of ether oxygens (including phenoxy) is 1. The number of hydrogen-bond donors (Lipinski definition) is 2. The van der Waals surface area contributed by atoms with E-state index in [0.717, 1.165) is 37.1 Å². The third-order valence-electron chi connectivity index (χ3n) is 4.07. The molecule has 1 atom stereocenters. The minimum atomic E-state index is -0.0586. The lowest BCUT2D eigenvalue weighted by atomic mass is 9.94. The first kappa shape index (κ1) is 14.4. The maximum Gasteiger partial charge on any atom is 0.272 e. The highest BCUT2D eigenvalue weighted by atomic mass is 16.5. The number of benzene rings is 1. The van der Waals surface area contributed by atoms with Crippen LogP contribution in [0.2, 0.25) is 0 Å². The Morgan fingerprint density at radius 1 is 1.41 bits per heavy atom. The van der Waals surface area contributed by atoms with Crippen LogP contribution in [0.1, 0.15) is 41.4 Å². The van der Waals surface area contributed by atoms with Crippen molar-refractivity contribution in [2.45, 2.75) is 25.3 Å². The van der Waals surface area contributed by atoms with Crippen molar-refractivity contribution in [2.24, 2.45) is 0 Å². The first-order valence-corrected chi connectivity index (χ1v) is 7.45. The fourth-order valence-corrected chi connectivity index (χ4v) is 2.97. The Kier molecular flexibility index (Phi) is 4.00. The highest BCUT2D eigenvalue weighted by Gasteiger charge is 2.29. The maximum atomic E-state index is 12.7. The third-order valence-corrected chi connectivity index (χ3v) is 4.07. The van der Waals surface area contributed by atoms with Gasteiger partial charge in [-0.25, -0.2) is 0 Å². The quantitative estimate of drug-likeness (QED) is 0.911. The van der Waals surface area contributed by atoms with Gasteiger partial charge in [-0.2, -0.15) is 5.10 Å². The van der Waals surface area contributed by atoms with Gasteiger partial charge in [-0.3, -0.25) is 9.89 Å². The summed E-state index contributed by atoms with van der Waals surface area (Å²) in [4.78, 5) is 14.6. The van der Waals surface area contributed by atoms with Crippen molar-refractivity contribution in [3.05, 3.63) is 41.6 Å². The second-order valence-corrected chi connectivity index (χ2v) is 5.49. The molecular formula is C16H20N4O2. The summed E-state index contributed by atoms with van der Waals surface area (Å²) in [5, 5.41) is 6.55. The van der Waals surface area contributed by atoms with Crippen LogP contribution in [-0.2, 0) is 0 Å². The molecule has 1 saturated heterocycles. The smallest absolute Gasteiger partial charge is 0.272 e. The van der Waals surface area contributed by atoms with Gasteiger partial charge in [0.1, 0.15) is 17.3 Å². The van der Waals surface area contributed by atoms with Crippen molar-refractivity contribution in [3.63, 3.8) is 0 Å². The fraction of sp³-hybridized carbons (Fsp3) is 0.375. The molecule has 2 aromatic rings. The Hall–Kier alpha value is -2.50. The Morgan fingerprint density at radius 2 is 2.27 bits per heavy atom. The van der Waals surface area contributed by atoms with Crippen molar-refractivity contribution < 1.29 is 9.53 Å². The molecule has 1 aliphatic rings. The first-order valence-electron chi connectivity index (χ1n) is 7.45. The van der Waals surface area contributed by atoms with E-state index in [4.69, 9.17) is 10.5 Å². The summed E-state index contributed by atoms with van der Waals surface area (Å²) >= 11 is 0. The Morgan fingerprint density at radius 3 is 3.00 bits per heavy atom. The predicted octanol–water partition coefficient (Wildman–Crippen LogP) is 2.37. The zero-order valence-corrected chi connectivity index (χ0v) is 12.6. The molecule has 1 aromatic heterocycles. The van der Waals surface area contributed by atoms with Gasteiger partial charge in [0.2, 0.25) is 0 Å². The van der Waals surface area contributed by atoms with Gasteiger partial charge >= 0.3 is 0 Å². The number of amides is 1. The number of H-pyrrole nitrogens is 1. The zero-order valence-electron chi connectivity index (χ0n) is 12.6. The van der Waals surface area contributed by atoms with E-state index in [1.807, 2.05) is 29.2 Å². The number of nitrogens with zero attached hydrogens (tertiary/aromatic N) is 2. The van der Waals surface area contributed by atoms with Gasteiger partial charge in [-0.15, -0.1) is 0 Å². The van der Waals surface area contributed by atoms with Crippen LogP contribution in [0.15, 0.2) is 30.3 Å². The summed E-state index contributed by atoms with van der Waals surface area (Å²) in [6.07, 6.45) is 3.06. The number of hydrogen-bond acceptors (Lipinski definition) is 4. The van der Waals surface area contributed by atoms with Crippen LogP contribution >= 0.6 is 0 Å². The Labute approximate surface area is 129 Å². The van der Waals surface area contributed by atoms with Crippen molar-refractivity contribution in [3.8, 4) is 5.75 Å². The molecule has 6 nitrogen and oxygen atoms in total.